The number of carbonyl (C=O) groups excluding carboxylic acids is 1. The van der Waals surface area contributed by atoms with Crippen LogP contribution in [0.5, 0.6) is 0 Å². The lowest BCUT2D eigenvalue weighted by atomic mass is 10.0. The summed E-state index contributed by atoms with van der Waals surface area (Å²) in [5, 5.41) is 0. The van der Waals surface area contributed by atoms with E-state index in [1.165, 1.54) is 0 Å². The van der Waals surface area contributed by atoms with Crippen LogP contribution in [-0.2, 0) is 0 Å². The number of benzene rings is 2. The quantitative estimate of drug-likeness (QED) is 0.572. The van der Waals surface area contributed by atoms with E-state index in [0.29, 0.717) is 11.1 Å². The largest absolute Gasteiger partial charge is 0.289 e. The zero-order valence-corrected chi connectivity index (χ0v) is 9.68. The maximum absolute atomic E-state index is 12.1. The van der Waals surface area contributed by atoms with Gasteiger partial charge >= 0.3 is 0 Å². The van der Waals surface area contributed by atoms with Crippen LogP contribution in [0.1, 0.15) is 21.5 Å². The summed E-state index contributed by atoms with van der Waals surface area (Å²) in [6.45, 7) is 0. The van der Waals surface area contributed by atoms with Crippen molar-refractivity contribution in [3.63, 3.8) is 0 Å². The molecule has 0 N–H and O–H groups in total. The first-order chi connectivity index (χ1) is 8.81. The van der Waals surface area contributed by atoms with Crippen molar-refractivity contribution in [3.8, 4) is 24.2 Å². The van der Waals surface area contributed by atoms with Gasteiger partial charge in [0.2, 0.25) is 0 Å². The molecule has 0 bridgehead atoms. The smallest absolute Gasteiger partial charge is 0.193 e. The van der Waals surface area contributed by atoms with Crippen LogP contribution in [-0.4, -0.2) is 5.78 Å². The third kappa shape index (κ3) is 2.67. The Morgan fingerprint density at radius 1 is 0.889 bits per heavy atom. The van der Waals surface area contributed by atoms with Gasteiger partial charge in [0.1, 0.15) is 0 Å². The molecule has 0 aliphatic heterocycles. The van der Waals surface area contributed by atoms with Crippen molar-refractivity contribution < 1.29 is 4.79 Å². The molecule has 84 valence electrons. The van der Waals surface area contributed by atoms with Gasteiger partial charge in [-0.1, -0.05) is 36.3 Å². The van der Waals surface area contributed by atoms with E-state index >= 15 is 0 Å². The SMILES string of the molecule is C#CC#Cc1ccc(C(=O)c2ccccc2)cc1. The van der Waals surface area contributed by atoms with Gasteiger partial charge in [-0.25, -0.2) is 0 Å². The summed E-state index contributed by atoms with van der Waals surface area (Å²) in [4.78, 5) is 12.1. The second kappa shape index (κ2) is 5.53. The van der Waals surface area contributed by atoms with Gasteiger partial charge in [-0.3, -0.25) is 4.79 Å². The zero-order chi connectivity index (χ0) is 12.8. The van der Waals surface area contributed by atoms with Crippen LogP contribution in [0.3, 0.4) is 0 Å². The van der Waals surface area contributed by atoms with Crippen molar-refractivity contribution in [2.45, 2.75) is 0 Å². The Hall–Kier alpha value is -2.77. The van der Waals surface area contributed by atoms with Crippen LogP contribution in [0.15, 0.2) is 54.6 Å². The molecule has 0 heterocycles. The Labute approximate surface area is 106 Å². The highest BCUT2D eigenvalue weighted by Crippen LogP contribution is 2.10. The molecule has 2 aromatic rings. The van der Waals surface area contributed by atoms with Gasteiger partial charge in [0.05, 0.1) is 0 Å². The van der Waals surface area contributed by atoms with Gasteiger partial charge in [0.15, 0.2) is 5.78 Å². The normalized spacial score (nSPS) is 8.83. The first-order valence-corrected chi connectivity index (χ1v) is 5.47. The van der Waals surface area contributed by atoms with E-state index in [0.717, 1.165) is 5.56 Å². The molecule has 0 radical (unpaired) electrons. The molecule has 0 saturated heterocycles. The molecular formula is C17H10O. The summed E-state index contributed by atoms with van der Waals surface area (Å²) in [7, 11) is 0. The molecule has 0 atom stereocenters. The number of terminal acetylenes is 1. The first-order valence-electron chi connectivity index (χ1n) is 5.47. The molecule has 1 nitrogen and oxygen atoms in total. The molecule has 0 aliphatic rings. The van der Waals surface area contributed by atoms with Crippen molar-refractivity contribution in [3.05, 3.63) is 71.3 Å². The number of hydrogen-bond donors (Lipinski definition) is 0. The summed E-state index contributed by atoms with van der Waals surface area (Å²) in [6.07, 6.45) is 5.05. The highest BCUT2D eigenvalue weighted by molar-refractivity contribution is 6.08. The van der Waals surface area contributed by atoms with Crippen LogP contribution in [0.4, 0.5) is 0 Å². The van der Waals surface area contributed by atoms with E-state index in [2.05, 4.69) is 17.8 Å². The summed E-state index contributed by atoms with van der Waals surface area (Å²) in [5.41, 5.74) is 2.13. The highest BCUT2D eigenvalue weighted by Gasteiger charge is 2.07. The van der Waals surface area contributed by atoms with Crippen LogP contribution < -0.4 is 0 Å². The summed E-state index contributed by atoms with van der Waals surface area (Å²) < 4.78 is 0. The predicted molar refractivity (Wildman–Crippen MR) is 72.0 cm³/mol. The minimum atomic E-state index is 0.00654. The average molecular weight is 230 g/mol. The zero-order valence-electron chi connectivity index (χ0n) is 9.68. The van der Waals surface area contributed by atoms with Gasteiger partial charge in [-0.05, 0) is 36.1 Å². The van der Waals surface area contributed by atoms with E-state index < -0.39 is 0 Å². The lowest BCUT2D eigenvalue weighted by Crippen LogP contribution is -2.00. The topological polar surface area (TPSA) is 17.1 Å². The van der Waals surface area contributed by atoms with Gasteiger partial charge in [0, 0.05) is 16.7 Å². The number of rotatable bonds is 2. The van der Waals surface area contributed by atoms with Gasteiger partial charge in [-0.15, -0.1) is 6.42 Å². The molecule has 0 saturated carbocycles. The molecule has 0 spiro atoms. The van der Waals surface area contributed by atoms with Crippen molar-refractivity contribution in [1.29, 1.82) is 0 Å². The first kappa shape index (κ1) is 11.7. The molecule has 18 heavy (non-hydrogen) atoms. The van der Waals surface area contributed by atoms with Crippen LogP contribution >= 0.6 is 0 Å². The Morgan fingerprint density at radius 2 is 1.50 bits per heavy atom. The molecule has 1 heteroatoms. The number of carbonyl (C=O) groups is 1. The fourth-order valence-corrected chi connectivity index (χ4v) is 1.57. The van der Waals surface area contributed by atoms with Crippen LogP contribution in [0, 0.1) is 24.2 Å². The molecule has 0 aromatic heterocycles. The van der Waals surface area contributed by atoms with Crippen molar-refractivity contribution >= 4 is 5.78 Å². The average Bonchev–Trinajstić information content (AvgIpc) is 2.46. The molecule has 2 rings (SSSR count). The Bertz CT molecular complexity index is 647. The molecule has 0 unspecified atom stereocenters. The minimum Gasteiger partial charge on any atom is -0.289 e. The second-order valence-corrected chi connectivity index (χ2v) is 3.67. The van der Waals surface area contributed by atoms with Gasteiger partial charge in [-0.2, -0.15) is 0 Å². The summed E-state index contributed by atoms with van der Waals surface area (Å²) in [6, 6.07) is 16.3. The van der Waals surface area contributed by atoms with Gasteiger partial charge in [0.25, 0.3) is 0 Å². The van der Waals surface area contributed by atoms with Crippen molar-refractivity contribution in [2.24, 2.45) is 0 Å². The predicted octanol–water partition coefficient (Wildman–Crippen LogP) is 2.90. The van der Waals surface area contributed by atoms with Gasteiger partial charge < -0.3 is 0 Å². The highest BCUT2D eigenvalue weighted by atomic mass is 16.1. The molecular weight excluding hydrogens is 220 g/mol. The fraction of sp³-hybridized carbons (Fsp3) is 0. The van der Waals surface area contributed by atoms with Crippen LogP contribution in [0.25, 0.3) is 0 Å². The number of ketones is 1. The van der Waals surface area contributed by atoms with Crippen LogP contribution in [0.2, 0.25) is 0 Å². The summed E-state index contributed by atoms with van der Waals surface area (Å²) in [5.74, 6) is 7.60. The maximum Gasteiger partial charge on any atom is 0.193 e. The second-order valence-electron chi connectivity index (χ2n) is 3.67. The fourth-order valence-electron chi connectivity index (χ4n) is 1.57. The minimum absolute atomic E-state index is 0.00654. The lowest BCUT2D eigenvalue weighted by Gasteiger charge is -2.00. The number of hydrogen-bond acceptors (Lipinski definition) is 1. The standard InChI is InChI=1S/C17H10O/c1-2-3-7-14-10-12-16(13-11-14)17(18)15-8-5-4-6-9-15/h1,4-6,8-13H. The molecule has 0 aliphatic carbocycles. The Morgan fingerprint density at radius 3 is 2.11 bits per heavy atom. The van der Waals surface area contributed by atoms with E-state index in [-0.39, 0.29) is 5.78 Å². The lowest BCUT2D eigenvalue weighted by molar-refractivity contribution is 0.103. The van der Waals surface area contributed by atoms with Crippen molar-refractivity contribution in [2.75, 3.05) is 0 Å². The third-order valence-corrected chi connectivity index (χ3v) is 2.46. The maximum atomic E-state index is 12.1. The molecule has 0 amide bonds. The monoisotopic (exact) mass is 230 g/mol. The Balaban J connectivity index is 2.26. The molecule has 2 aromatic carbocycles. The van der Waals surface area contributed by atoms with Crippen molar-refractivity contribution in [1.82, 2.24) is 0 Å². The summed E-state index contributed by atoms with van der Waals surface area (Å²) >= 11 is 0. The third-order valence-electron chi connectivity index (χ3n) is 2.46. The molecule has 0 fully saturated rings. The van der Waals surface area contributed by atoms with E-state index in [9.17, 15) is 4.79 Å². The van der Waals surface area contributed by atoms with E-state index in [1.807, 2.05) is 18.2 Å². The Kier molecular flexibility index (Phi) is 3.59. The van der Waals surface area contributed by atoms with E-state index in [1.54, 1.807) is 36.4 Å². The van der Waals surface area contributed by atoms with E-state index in [4.69, 9.17) is 6.42 Å².